The van der Waals surface area contributed by atoms with Crippen molar-refractivity contribution >= 4 is 0 Å². The predicted octanol–water partition coefficient (Wildman–Crippen LogP) is 3.70. The Labute approximate surface area is 99.0 Å². The standard InChI is InChI=1S/C15H23N/c1-2-15(16)14-10-8-13(9-11-14)12-6-4-3-5-7-12/h3-7,13-15H,2,8-11,16H2,1H3. The molecule has 1 aromatic rings. The third-order valence-corrected chi connectivity index (χ3v) is 4.12. The maximum atomic E-state index is 6.13. The van der Waals surface area contributed by atoms with Crippen molar-refractivity contribution in [2.45, 2.75) is 51.0 Å². The van der Waals surface area contributed by atoms with Gasteiger partial charge in [0.15, 0.2) is 0 Å². The molecule has 1 nitrogen and oxygen atoms in total. The molecule has 1 unspecified atom stereocenters. The summed E-state index contributed by atoms with van der Waals surface area (Å²) in [5, 5.41) is 0. The van der Waals surface area contributed by atoms with E-state index >= 15 is 0 Å². The van der Waals surface area contributed by atoms with E-state index in [1.807, 2.05) is 0 Å². The average Bonchev–Trinajstić information content (AvgIpc) is 2.39. The van der Waals surface area contributed by atoms with Gasteiger partial charge in [0, 0.05) is 6.04 Å². The Morgan fingerprint density at radius 1 is 1.12 bits per heavy atom. The molecule has 0 amide bonds. The molecule has 1 saturated carbocycles. The van der Waals surface area contributed by atoms with Crippen molar-refractivity contribution < 1.29 is 0 Å². The minimum atomic E-state index is 0.428. The van der Waals surface area contributed by atoms with Gasteiger partial charge in [0.05, 0.1) is 0 Å². The van der Waals surface area contributed by atoms with Gasteiger partial charge in [0.1, 0.15) is 0 Å². The minimum Gasteiger partial charge on any atom is -0.327 e. The van der Waals surface area contributed by atoms with Crippen molar-refractivity contribution in [3.05, 3.63) is 35.9 Å². The maximum Gasteiger partial charge on any atom is 0.00645 e. The van der Waals surface area contributed by atoms with E-state index in [0.29, 0.717) is 6.04 Å². The molecule has 88 valence electrons. The van der Waals surface area contributed by atoms with Crippen LogP contribution in [0.5, 0.6) is 0 Å². The van der Waals surface area contributed by atoms with E-state index in [4.69, 9.17) is 5.73 Å². The molecular weight excluding hydrogens is 194 g/mol. The van der Waals surface area contributed by atoms with E-state index in [2.05, 4.69) is 37.3 Å². The smallest absolute Gasteiger partial charge is 0.00645 e. The van der Waals surface area contributed by atoms with Crippen LogP contribution in [-0.2, 0) is 0 Å². The van der Waals surface area contributed by atoms with Crippen LogP contribution in [0.15, 0.2) is 30.3 Å². The lowest BCUT2D eigenvalue weighted by Gasteiger charge is -2.32. The number of nitrogens with two attached hydrogens (primary N) is 1. The maximum absolute atomic E-state index is 6.13. The van der Waals surface area contributed by atoms with Gasteiger partial charge in [-0.3, -0.25) is 0 Å². The van der Waals surface area contributed by atoms with Crippen molar-refractivity contribution in [2.24, 2.45) is 11.7 Å². The number of benzene rings is 1. The first-order valence-electron chi connectivity index (χ1n) is 6.61. The summed E-state index contributed by atoms with van der Waals surface area (Å²) in [4.78, 5) is 0. The van der Waals surface area contributed by atoms with Gasteiger partial charge in [-0.1, -0.05) is 37.3 Å². The molecule has 0 aliphatic heterocycles. The lowest BCUT2D eigenvalue weighted by Crippen LogP contribution is -2.32. The quantitative estimate of drug-likeness (QED) is 0.821. The molecule has 0 aromatic heterocycles. The molecule has 0 saturated heterocycles. The largest absolute Gasteiger partial charge is 0.327 e. The third kappa shape index (κ3) is 2.65. The summed E-state index contributed by atoms with van der Waals surface area (Å²) in [5.41, 5.74) is 7.65. The summed E-state index contributed by atoms with van der Waals surface area (Å²) in [5.74, 6) is 1.55. The Kier molecular flexibility index (Phi) is 4.00. The summed E-state index contributed by atoms with van der Waals surface area (Å²) in [7, 11) is 0. The molecule has 1 aliphatic rings. The Balaban J connectivity index is 1.91. The normalized spacial score (nSPS) is 27.6. The van der Waals surface area contributed by atoms with Gasteiger partial charge in [-0.05, 0) is 49.5 Å². The second-order valence-electron chi connectivity index (χ2n) is 5.09. The van der Waals surface area contributed by atoms with Crippen LogP contribution >= 0.6 is 0 Å². The summed E-state index contributed by atoms with van der Waals surface area (Å²) < 4.78 is 0. The van der Waals surface area contributed by atoms with Gasteiger partial charge in [0.2, 0.25) is 0 Å². The summed E-state index contributed by atoms with van der Waals surface area (Å²) in [6, 6.07) is 11.4. The highest BCUT2D eigenvalue weighted by molar-refractivity contribution is 5.19. The third-order valence-electron chi connectivity index (χ3n) is 4.12. The Hall–Kier alpha value is -0.820. The highest BCUT2D eigenvalue weighted by atomic mass is 14.6. The minimum absolute atomic E-state index is 0.428. The molecule has 16 heavy (non-hydrogen) atoms. The highest BCUT2D eigenvalue weighted by Gasteiger charge is 2.25. The van der Waals surface area contributed by atoms with Crippen LogP contribution in [0.4, 0.5) is 0 Å². The summed E-state index contributed by atoms with van der Waals surface area (Å²) in [6.45, 7) is 2.20. The van der Waals surface area contributed by atoms with Crippen LogP contribution in [0.25, 0.3) is 0 Å². The van der Waals surface area contributed by atoms with Crippen LogP contribution in [0.1, 0.15) is 50.5 Å². The fraction of sp³-hybridized carbons (Fsp3) is 0.600. The van der Waals surface area contributed by atoms with Gasteiger partial charge in [-0.15, -0.1) is 0 Å². The van der Waals surface area contributed by atoms with Crippen LogP contribution in [0.3, 0.4) is 0 Å². The molecule has 0 bridgehead atoms. The Bertz CT molecular complexity index is 298. The van der Waals surface area contributed by atoms with E-state index in [-0.39, 0.29) is 0 Å². The predicted molar refractivity (Wildman–Crippen MR) is 69.4 cm³/mol. The van der Waals surface area contributed by atoms with Gasteiger partial charge < -0.3 is 5.73 Å². The van der Waals surface area contributed by atoms with Crippen molar-refractivity contribution in [3.8, 4) is 0 Å². The zero-order valence-corrected chi connectivity index (χ0v) is 10.2. The number of hydrogen-bond donors (Lipinski definition) is 1. The van der Waals surface area contributed by atoms with Crippen molar-refractivity contribution in [1.29, 1.82) is 0 Å². The molecule has 0 heterocycles. The number of hydrogen-bond acceptors (Lipinski definition) is 1. The molecular formula is C15H23N. The van der Waals surface area contributed by atoms with Gasteiger partial charge in [-0.2, -0.15) is 0 Å². The lowest BCUT2D eigenvalue weighted by molar-refractivity contribution is 0.277. The second kappa shape index (κ2) is 5.49. The van der Waals surface area contributed by atoms with Crippen LogP contribution in [0, 0.1) is 5.92 Å². The molecule has 1 aliphatic carbocycles. The molecule has 1 fully saturated rings. The Morgan fingerprint density at radius 3 is 2.31 bits per heavy atom. The SMILES string of the molecule is CCC(N)C1CCC(c2ccccc2)CC1. The van der Waals surface area contributed by atoms with E-state index < -0.39 is 0 Å². The lowest BCUT2D eigenvalue weighted by atomic mass is 9.76. The zero-order chi connectivity index (χ0) is 11.4. The van der Waals surface area contributed by atoms with Gasteiger partial charge in [-0.25, -0.2) is 0 Å². The molecule has 1 heteroatoms. The average molecular weight is 217 g/mol. The molecule has 1 aromatic carbocycles. The zero-order valence-electron chi connectivity index (χ0n) is 10.2. The van der Waals surface area contributed by atoms with E-state index in [1.165, 1.54) is 31.2 Å². The molecule has 2 rings (SSSR count). The monoisotopic (exact) mass is 217 g/mol. The topological polar surface area (TPSA) is 26.0 Å². The van der Waals surface area contributed by atoms with Crippen LogP contribution in [0.2, 0.25) is 0 Å². The second-order valence-corrected chi connectivity index (χ2v) is 5.09. The first-order valence-corrected chi connectivity index (χ1v) is 6.61. The van der Waals surface area contributed by atoms with E-state index in [0.717, 1.165) is 18.3 Å². The van der Waals surface area contributed by atoms with Crippen molar-refractivity contribution in [3.63, 3.8) is 0 Å². The van der Waals surface area contributed by atoms with E-state index in [9.17, 15) is 0 Å². The molecule has 1 atom stereocenters. The van der Waals surface area contributed by atoms with Crippen molar-refractivity contribution in [2.75, 3.05) is 0 Å². The fourth-order valence-corrected chi connectivity index (χ4v) is 2.94. The molecule has 0 spiro atoms. The van der Waals surface area contributed by atoms with Gasteiger partial charge in [0.25, 0.3) is 0 Å². The van der Waals surface area contributed by atoms with Crippen LogP contribution in [-0.4, -0.2) is 6.04 Å². The summed E-state index contributed by atoms with van der Waals surface area (Å²) in [6.07, 6.45) is 6.40. The van der Waals surface area contributed by atoms with Gasteiger partial charge >= 0.3 is 0 Å². The molecule has 2 N–H and O–H groups in total. The molecule has 0 radical (unpaired) electrons. The first kappa shape index (κ1) is 11.7. The van der Waals surface area contributed by atoms with E-state index in [1.54, 1.807) is 0 Å². The number of rotatable bonds is 3. The van der Waals surface area contributed by atoms with Crippen LogP contribution < -0.4 is 5.73 Å². The fourth-order valence-electron chi connectivity index (χ4n) is 2.94. The summed E-state index contributed by atoms with van der Waals surface area (Å²) >= 11 is 0. The Morgan fingerprint density at radius 2 is 1.75 bits per heavy atom. The first-order chi connectivity index (χ1) is 7.81. The highest BCUT2D eigenvalue weighted by Crippen LogP contribution is 2.36. The van der Waals surface area contributed by atoms with Crippen molar-refractivity contribution in [1.82, 2.24) is 0 Å².